The quantitative estimate of drug-likeness (QED) is 0.120. The number of methoxy groups -OCH3 is 2. The second kappa shape index (κ2) is 21.2. The van der Waals surface area contributed by atoms with Crippen LogP contribution in [0, 0.1) is 0 Å². The molecule has 0 atom stereocenters. The Morgan fingerprint density at radius 1 is 0.272 bits per heavy atom. The number of nitrogens with zero attached hydrogens (tertiary/aromatic N) is 6. The molecule has 2 aliphatic rings. The highest BCUT2D eigenvalue weighted by atomic mass is 16.5. The van der Waals surface area contributed by atoms with Crippen LogP contribution in [-0.4, -0.2) is 34.2 Å². The number of hydrogen-bond donors (Lipinski definition) is 0. The molecule has 0 amide bonds. The fourth-order valence-corrected chi connectivity index (χ4v) is 14.6. The summed E-state index contributed by atoms with van der Waals surface area (Å²) in [5, 5.41) is 8.80. The van der Waals surface area contributed by atoms with Crippen LogP contribution in [0.4, 0.5) is 34.1 Å². The summed E-state index contributed by atoms with van der Waals surface area (Å²) in [6, 6.07) is 99.4. The molecule has 92 heavy (non-hydrogen) atoms. The number of pyridine rings is 4. The first kappa shape index (κ1) is 52.8. The summed E-state index contributed by atoms with van der Waals surface area (Å²) in [5.41, 5.74) is 24.9. The molecule has 0 unspecified atom stereocenters. The monoisotopic (exact) mass is 1180 g/mol. The van der Waals surface area contributed by atoms with Gasteiger partial charge in [0.2, 0.25) is 0 Å². The second-order valence-corrected chi connectivity index (χ2v) is 23.5. The Balaban J connectivity index is 0.775. The number of para-hydroxylation sites is 2. The third-order valence-electron chi connectivity index (χ3n) is 18.6. The molecule has 0 radical (unpaired) electrons. The zero-order chi connectivity index (χ0) is 61.0. The van der Waals surface area contributed by atoms with E-state index in [1.807, 2.05) is 36.7 Å². The van der Waals surface area contributed by atoms with Crippen LogP contribution in [0.5, 0.6) is 11.5 Å². The number of anilines is 6. The summed E-state index contributed by atoms with van der Waals surface area (Å²) in [5.74, 6) is 1.62. The second-order valence-electron chi connectivity index (χ2n) is 23.5. The van der Waals surface area contributed by atoms with Gasteiger partial charge in [0, 0.05) is 112 Å². The number of ether oxygens (including phenoxy) is 2. The van der Waals surface area contributed by atoms with E-state index in [2.05, 4.69) is 265 Å². The van der Waals surface area contributed by atoms with Crippen molar-refractivity contribution in [1.82, 2.24) is 19.9 Å². The lowest BCUT2D eigenvalue weighted by atomic mass is 9.89. The number of benzene rings is 12. The van der Waals surface area contributed by atoms with E-state index in [0.717, 1.165) is 167 Å². The van der Waals surface area contributed by atoms with E-state index in [1.165, 1.54) is 10.8 Å². The highest BCUT2D eigenvalue weighted by Gasteiger charge is 2.33. The van der Waals surface area contributed by atoms with E-state index in [1.54, 1.807) is 14.2 Å². The van der Waals surface area contributed by atoms with Gasteiger partial charge in [-0.05, 0) is 141 Å². The maximum Gasteiger partial charge on any atom is 0.160 e. The van der Waals surface area contributed by atoms with E-state index < -0.39 is 0 Å². The summed E-state index contributed by atoms with van der Waals surface area (Å²) in [6.45, 7) is 0. The summed E-state index contributed by atoms with van der Waals surface area (Å²) in [6.07, 6.45) is 4.00. The fourth-order valence-electron chi connectivity index (χ4n) is 14.6. The van der Waals surface area contributed by atoms with Crippen molar-refractivity contribution in [3.8, 4) is 101 Å². The van der Waals surface area contributed by atoms with Crippen molar-refractivity contribution in [2.75, 3.05) is 24.0 Å². The summed E-state index contributed by atoms with van der Waals surface area (Å²) < 4.78 is 11.2. The molecule has 4 aromatic heterocycles. The van der Waals surface area contributed by atoms with Crippen molar-refractivity contribution >= 4 is 88.5 Å². The van der Waals surface area contributed by atoms with Gasteiger partial charge in [0.15, 0.2) is 11.3 Å². The average Bonchev–Trinajstić information content (AvgIpc) is 1.54. The van der Waals surface area contributed by atoms with Crippen molar-refractivity contribution in [3.05, 3.63) is 291 Å². The molecule has 4 heterocycles. The van der Waals surface area contributed by atoms with Crippen molar-refractivity contribution in [1.29, 1.82) is 0 Å². The molecule has 0 N–H and O–H groups in total. The van der Waals surface area contributed by atoms with Crippen molar-refractivity contribution < 1.29 is 9.47 Å². The summed E-state index contributed by atoms with van der Waals surface area (Å²) in [7, 11) is 3.41. The molecule has 8 heteroatoms. The first-order valence-corrected chi connectivity index (χ1v) is 31.0. The molecule has 2 aliphatic carbocycles. The minimum absolute atomic E-state index is 0.695. The predicted molar refractivity (Wildman–Crippen MR) is 378 cm³/mol. The van der Waals surface area contributed by atoms with Crippen molar-refractivity contribution in [2.24, 2.45) is 0 Å². The molecular weight excluding hydrogens is 1120 g/mol. The van der Waals surface area contributed by atoms with Gasteiger partial charge in [-0.2, -0.15) is 0 Å². The highest BCUT2D eigenvalue weighted by Crippen LogP contribution is 2.57. The normalized spacial score (nSPS) is 11.8. The Kier molecular flexibility index (Phi) is 12.2. The number of rotatable bonds is 12. The van der Waals surface area contributed by atoms with E-state index in [9.17, 15) is 0 Å². The maximum absolute atomic E-state index is 5.60. The third kappa shape index (κ3) is 8.24. The van der Waals surface area contributed by atoms with Crippen LogP contribution in [0.15, 0.2) is 291 Å². The SMILES string of the molecule is COc1ccc(N(c2ccccc2)c2ccc3c4c(cccc24)-c2nc4ncc(-c5ccc(-c6cnc7nc8c(c(-c9ccccc9)c7c6)-c6ccc(N(c7ccccc7)c7ccc(OC)cc7)c7cccc-8c67)c6ccccc56)cc4c(-c4ccccc4)c2-3)cc1. The first-order chi connectivity index (χ1) is 45.6. The number of fused-ring (bicyclic) bond motifs is 9. The lowest BCUT2D eigenvalue weighted by Crippen LogP contribution is -2.10. The molecule has 0 bridgehead atoms. The van der Waals surface area contributed by atoms with Crippen LogP contribution in [0.1, 0.15) is 0 Å². The fraction of sp³-hybridized carbons (Fsp3) is 0.0238. The lowest BCUT2D eigenvalue weighted by Gasteiger charge is -2.27. The molecule has 18 rings (SSSR count). The molecule has 16 aromatic rings. The Bertz CT molecular complexity index is 5300. The molecule has 0 spiro atoms. The van der Waals surface area contributed by atoms with Gasteiger partial charge in [-0.15, -0.1) is 0 Å². The first-order valence-electron chi connectivity index (χ1n) is 31.0. The highest BCUT2D eigenvalue weighted by molar-refractivity contribution is 6.25. The van der Waals surface area contributed by atoms with Crippen molar-refractivity contribution in [3.63, 3.8) is 0 Å². The van der Waals surface area contributed by atoms with Gasteiger partial charge in [0.05, 0.1) is 37.0 Å². The molecule has 0 saturated heterocycles. The minimum atomic E-state index is 0.695. The largest absolute Gasteiger partial charge is 0.497 e. The number of aromatic nitrogens is 4. The van der Waals surface area contributed by atoms with Crippen LogP contribution < -0.4 is 19.3 Å². The van der Waals surface area contributed by atoms with Gasteiger partial charge >= 0.3 is 0 Å². The smallest absolute Gasteiger partial charge is 0.160 e. The third-order valence-corrected chi connectivity index (χ3v) is 18.6. The van der Waals surface area contributed by atoms with Gasteiger partial charge < -0.3 is 19.3 Å². The van der Waals surface area contributed by atoms with E-state index in [0.29, 0.717) is 11.3 Å². The van der Waals surface area contributed by atoms with E-state index >= 15 is 0 Å². The van der Waals surface area contributed by atoms with E-state index in [4.69, 9.17) is 29.4 Å². The maximum atomic E-state index is 5.60. The van der Waals surface area contributed by atoms with Gasteiger partial charge in [-0.1, -0.05) is 182 Å². The topological polar surface area (TPSA) is 76.5 Å². The molecule has 0 saturated carbocycles. The summed E-state index contributed by atoms with van der Waals surface area (Å²) >= 11 is 0. The lowest BCUT2D eigenvalue weighted by molar-refractivity contribution is 0.414. The van der Waals surface area contributed by atoms with Gasteiger partial charge in [0.1, 0.15) is 11.5 Å². The standard InChI is InChI=1S/C84H54N6O2/c1-91-59-37-33-57(34-38-59)89(55-23-11-5-12-24-55)73-45-43-67-77-65(73)29-17-31-69(77)81-79(67)75(51-19-7-3-8-20-51)71-47-53(49-85-83(71)87-81)61-41-42-62(64-28-16-15-27-63(61)64)54-48-72-76(52-21-9-4-10-22-52)80-68-44-46-74(66-30-18-32-70(78(66)68)82(80)88-84(72)86-50-54)90(56-25-13-6-14-26-56)58-35-39-60(92-2)40-36-58/h3-50H,1-2H3. The Morgan fingerprint density at radius 3 is 1.03 bits per heavy atom. The molecule has 8 nitrogen and oxygen atoms in total. The predicted octanol–water partition coefficient (Wildman–Crippen LogP) is 22.0. The van der Waals surface area contributed by atoms with Crippen LogP contribution in [-0.2, 0) is 0 Å². The zero-order valence-corrected chi connectivity index (χ0v) is 50.2. The zero-order valence-electron chi connectivity index (χ0n) is 50.2. The molecule has 0 aliphatic heterocycles. The summed E-state index contributed by atoms with van der Waals surface area (Å²) in [4.78, 5) is 26.3. The van der Waals surface area contributed by atoms with Crippen molar-refractivity contribution in [2.45, 2.75) is 0 Å². The molecule has 12 aromatic carbocycles. The van der Waals surface area contributed by atoms with Gasteiger partial charge in [-0.25, -0.2) is 19.9 Å². The number of hydrogen-bond acceptors (Lipinski definition) is 8. The molecular formula is C84H54N6O2. The van der Waals surface area contributed by atoms with Gasteiger partial charge in [-0.3, -0.25) is 0 Å². The van der Waals surface area contributed by atoms with Crippen LogP contribution >= 0.6 is 0 Å². The Morgan fingerprint density at radius 2 is 0.630 bits per heavy atom. The Hall–Kier alpha value is -12.3. The minimum Gasteiger partial charge on any atom is -0.497 e. The van der Waals surface area contributed by atoms with Crippen LogP contribution in [0.3, 0.4) is 0 Å². The van der Waals surface area contributed by atoms with Gasteiger partial charge in [0.25, 0.3) is 0 Å². The average molecular weight is 1180 g/mol. The molecule has 0 fully saturated rings. The van der Waals surface area contributed by atoms with Crippen LogP contribution in [0.25, 0.3) is 144 Å². The van der Waals surface area contributed by atoms with E-state index in [-0.39, 0.29) is 0 Å². The Labute approximate surface area is 531 Å². The van der Waals surface area contributed by atoms with Crippen LogP contribution in [0.2, 0.25) is 0 Å². The molecule has 432 valence electrons.